The van der Waals surface area contributed by atoms with Crippen molar-refractivity contribution in [2.24, 2.45) is 63.6 Å². The van der Waals surface area contributed by atoms with Crippen molar-refractivity contribution in [1.29, 1.82) is 0 Å². The minimum absolute atomic E-state index is 0.00322. The fourth-order valence-corrected chi connectivity index (χ4v) is 18.0. The van der Waals surface area contributed by atoms with Gasteiger partial charge in [-0.3, -0.25) is 9.59 Å². The number of quaternary nitrogens is 1. The van der Waals surface area contributed by atoms with Crippen LogP contribution in [0.15, 0.2) is 47.1 Å². The minimum atomic E-state index is -1.01. The predicted molar refractivity (Wildman–Crippen MR) is 270 cm³/mol. The zero-order chi connectivity index (χ0) is 49.8. The molecule has 6 saturated carbocycles. The second-order valence-corrected chi connectivity index (χ2v) is 24.2. The number of likely N-dealkylation sites (N-methyl/N-ethyl adjacent to an activating group) is 1. The summed E-state index contributed by atoms with van der Waals surface area (Å²) in [4.78, 5) is 39.9. The number of nitrogens with zero attached hydrogens (tertiary/aromatic N) is 1. The summed E-state index contributed by atoms with van der Waals surface area (Å²) in [5.74, 6) is 8.61. The Balaban J connectivity index is 0.884. The summed E-state index contributed by atoms with van der Waals surface area (Å²) in [6, 6.07) is 9.31. The molecule has 0 heterocycles. The van der Waals surface area contributed by atoms with E-state index < -0.39 is 17.7 Å². The van der Waals surface area contributed by atoms with Crippen molar-refractivity contribution in [3.05, 3.63) is 52.6 Å². The van der Waals surface area contributed by atoms with Gasteiger partial charge in [0.25, 0.3) is 0 Å². The van der Waals surface area contributed by atoms with Gasteiger partial charge in [0.1, 0.15) is 11.7 Å². The Kier molecular flexibility index (Phi) is 15.0. The second kappa shape index (κ2) is 20.4. The van der Waals surface area contributed by atoms with Crippen LogP contribution in [0.4, 0.5) is 5.69 Å². The van der Waals surface area contributed by atoms with Crippen LogP contribution in [-0.2, 0) is 28.6 Å². The third-order valence-electron chi connectivity index (χ3n) is 21.6. The molecule has 0 bridgehead atoms. The number of aliphatic hydroxyl groups excluding tert-OH is 1. The third-order valence-corrected chi connectivity index (χ3v) is 21.6. The van der Waals surface area contributed by atoms with Crippen LogP contribution >= 0.6 is 0 Å². The molecule has 1 aromatic carbocycles. The number of ether oxygens (including phenoxy) is 3. The molecule has 0 amide bonds. The molecule has 8 aliphatic carbocycles. The van der Waals surface area contributed by atoms with Gasteiger partial charge >= 0.3 is 5.97 Å². The second-order valence-electron chi connectivity index (χ2n) is 24.2. The number of allylic oxidation sites excluding steroid dienone is 4. The molecule has 10 nitrogen and oxygen atoms in total. The third kappa shape index (κ3) is 8.74. The molecule has 16 atom stereocenters. The van der Waals surface area contributed by atoms with Crippen LogP contribution in [0.3, 0.4) is 0 Å². The SMILES string of the molecule is CC#C[C@]1(OC)CCC2C3CCC4=CC(=O)CCC4=C3[C@@H](c3ccc(N(C)CCO[C@H]4CC[C@@]5(C)[C@@H](C4)C[C@@H](OC(=O)CCC[NH3+])[C@@H]4[C@@H]5C[C@H](O)[C@]5(C)[C@@H]([C@H](C)CCC(=O)[O-])CC[C@@H]45)cc3)C[C@@]21CC. The first-order valence-electron chi connectivity index (χ1n) is 27.8. The number of methoxy groups -OCH3 is 1. The normalized spacial score (nSPS) is 40.0. The van der Waals surface area contributed by atoms with Crippen molar-refractivity contribution in [3.63, 3.8) is 0 Å². The van der Waals surface area contributed by atoms with Crippen molar-refractivity contribution in [2.45, 2.75) is 186 Å². The van der Waals surface area contributed by atoms with Crippen LogP contribution in [0.2, 0.25) is 0 Å². The molecule has 1 aromatic rings. The standard InChI is InChI=1S/C60H86N2O8/c1-8-26-60(68-7)28-25-48-45-19-15-39-32-42(63)18-20-44(39)55(45)46(36-59(48,60)9-2)38-13-16-41(17-14-38)62(6)30-31-69-43-24-27-57(4)40(33-43)34-51(70-54(67)11-10-29-61)56-49-22-21-47(37(3)12-23-53(65)66)58(49,5)52(64)35-50(56)57/h13-14,16-17,32,37,40,43,45-52,56,64H,9-12,15,18-25,27-31,33-36,61H2,1-7H3,(H,65,66)/t37-,40+,43+,45?,46-,47-,48?,49+,50+,51-,52+,56+,57+,58-,59+,60+/m1/s1. The monoisotopic (exact) mass is 963 g/mol. The van der Waals surface area contributed by atoms with Crippen molar-refractivity contribution >= 4 is 23.4 Å². The van der Waals surface area contributed by atoms with E-state index in [-0.39, 0.29) is 82.1 Å². The molecule has 10 heteroatoms. The first-order chi connectivity index (χ1) is 33.6. The largest absolute Gasteiger partial charge is 0.550 e. The van der Waals surface area contributed by atoms with E-state index in [9.17, 15) is 24.6 Å². The van der Waals surface area contributed by atoms with E-state index >= 15 is 0 Å². The minimum Gasteiger partial charge on any atom is -0.550 e. The van der Waals surface area contributed by atoms with Crippen molar-refractivity contribution < 1.29 is 44.5 Å². The molecule has 0 aromatic heterocycles. The molecule has 384 valence electrons. The molecule has 4 N–H and O–H groups in total. The first-order valence-corrected chi connectivity index (χ1v) is 27.8. The number of carbonyl (C=O) groups is 3. The Bertz CT molecular complexity index is 2240. The lowest BCUT2D eigenvalue weighted by Gasteiger charge is -2.64. The van der Waals surface area contributed by atoms with Crippen LogP contribution in [0, 0.1) is 75.4 Å². The molecule has 2 unspecified atom stereocenters. The fraction of sp³-hybridized carbons (Fsp3) is 0.750. The number of benzene rings is 1. The van der Waals surface area contributed by atoms with Gasteiger partial charge in [-0.2, -0.15) is 0 Å². The number of fused-ring (bicyclic) bond motifs is 9. The molecule has 0 spiro atoms. The summed E-state index contributed by atoms with van der Waals surface area (Å²) >= 11 is 0. The van der Waals surface area contributed by atoms with Gasteiger partial charge in [0.2, 0.25) is 0 Å². The maximum Gasteiger partial charge on any atom is 0.306 e. The van der Waals surface area contributed by atoms with Crippen LogP contribution in [0.25, 0.3) is 0 Å². The number of aliphatic carboxylic acids is 1. The fourth-order valence-electron chi connectivity index (χ4n) is 18.0. The summed E-state index contributed by atoms with van der Waals surface area (Å²) in [6.07, 6.45) is 17.1. The molecular formula is C60H86N2O8. The lowest BCUT2D eigenvalue weighted by molar-refractivity contribution is -0.368. The number of rotatable bonds is 16. The number of carboxylic acids is 1. The Morgan fingerprint density at radius 1 is 0.986 bits per heavy atom. The lowest BCUT2D eigenvalue weighted by Crippen LogP contribution is -2.63. The highest BCUT2D eigenvalue weighted by atomic mass is 16.5. The maximum absolute atomic E-state index is 13.5. The summed E-state index contributed by atoms with van der Waals surface area (Å²) in [6.45, 7) is 13.3. The van der Waals surface area contributed by atoms with Crippen molar-refractivity contribution in [2.75, 3.05) is 38.8 Å². The van der Waals surface area contributed by atoms with Gasteiger partial charge in [-0.25, -0.2) is 0 Å². The Labute approximate surface area is 419 Å². The van der Waals surface area contributed by atoms with Gasteiger partial charge in [0, 0.05) is 62.5 Å². The average molecular weight is 963 g/mol. The molecule has 9 rings (SSSR count). The van der Waals surface area contributed by atoms with E-state index in [4.69, 9.17) is 14.2 Å². The quantitative estimate of drug-likeness (QED) is 0.123. The number of carboxylic acid groups (broad SMARTS) is 1. The van der Waals surface area contributed by atoms with Crippen molar-refractivity contribution in [3.8, 4) is 11.8 Å². The molecule has 0 radical (unpaired) electrons. The summed E-state index contributed by atoms with van der Waals surface area (Å²) in [5.41, 5.74) is 9.99. The Morgan fingerprint density at radius 2 is 1.77 bits per heavy atom. The molecule has 8 aliphatic rings. The van der Waals surface area contributed by atoms with Crippen molar-refractivity contribution in [1.82, 2.24) is 0 Å². The molecular weight excluding hydrogens is 877 g/mol. The molecule has 6 fully saturated rings. The highest BCUT2D eigenvalue weighted by Gasteiger charge is 2.67. The van der Waals surface area contributed by atoms with E-state index in [0.717, 1.165) is 90.0 Å². The number of aliphatic hydroxyl groups is 1. The zero-order valence-electron chi connectivity index (χ0n) is 43.8. The number of ketones is 1. The van der Waals surface area contributed by atoms with E-state index in [2.05, 4.69) is 81.5 Å². The van der Waals surface area contributed by atoms with Gasteiger partial charge in [-0.15, -0.1) is 5.92 Å². The lowest BCUT2D eigenvalue weighted by atomic mass is 9.43. The number of anilines is 1. The zero-order valence-corrected chi connectivity index (χ0v) is 43.8. The summed E-state index contributed by atoms with van der Waals surface area (Å²) in [7, 11) is 4.04. The molecule has 70 heavy (non-hydrogen) atoms. The number of hydrogen-bond acceptors (Lipinski definition) is 9. The summed E-state index contributed by atoms with van der Waals surface area (Å²) < 4.78 is 19.9. The number of esters is 1. The smallest absolute Gasteiger partial charge is 0.306 e. The van der Waals surface area contributed by atoms with Crippen LogP contribution in [0.5, 0.6) is 0 Å². The average Bonchev–Trinajstić information content (AvgIpc) is 3.88. The Morgan fingerprint density at radius 3 is 2.49 bits per heavy atom. The van der Waals surface area contributed by atoms with Gasteiger partial charge < -0.3 is 39.9 Å². The molecule has 0 saturated heterocycles. The van der Waals surface area contributed by atoms with Gasteiger partial charge in [0.05, 0.1) is 31.8 Å². The van der Waals surface area contributed by atoms with Crippen LogP contribution < -0.4 is 15.7 Å². The summed E-state index contributed by atoms with van der Waals surface area (Å²) in [5, 5.41) is 23.7. The van der Waals surface area contributed by atoms with E-state index in [1.54, 1.807) is 5.57 Å². The predicted octanol–water partition coefficient (Wildman–Crippen LogP) is 8.55. The number of hydrogen-bond donors (Lipinski definition) is 2. The van der Waals surface area contributed by atoms with Gasteiger partial charge in [0.15, 0.2) is 5.78 Å². The van der Waals surface area contributed by atoms with Gasteiger partial charge in [-0.1, -0.05) is 51.3 Å². The topological polar surface area (TPSA) is 153 Å². The Hall–Kier alpha value is -3.49. The van der Waals surface area contributed by atoms with Crippen LogP contribution in [0.1, 0.15) is 168 Å². The van der Waals surface area contributed by atoms with Gasteiger partial charge in [-0.05, 0) is 197 Å². The van der Waals surface area contributed by atoms with Crippen LogP contribution in [-0.4, -0.2) is 80.6 Å². The van der Waals surface area contributed by atoms with E-state index in [0.29, 0.717) is 63.0 Å². The van der Waals surface area contributed by atoms with E-state index in [1.807, 2.05) is 20.1 Å². The molecule has 0 aliphatic heterocycles. The highest BCUT2D eigenvalue weighted by Crippen LogP contribution is 2.71. The first kappa shape index (κ1) is 51.4. The number of carbonyl (C=O) groups excluding carboxylic acids is 3. The van der Waals surface area contributed by atoms with E-state index in [1.165, 1.54) is 22.4 Å². The maximum atomic E-state index is 13.5. The highest BCUT2D eigenvalue weighted by molar-refractivity contribution is 5.93.